The molecule has 13 heavy (non-hydrogen) atoms. The Morgan fingerprint density at radius 1 is 1.38 bits per heavy atom. The molecule has 1 aromatic rings. The molecule has 64 valence electrons. The summed E-state index contributed by atoms with van der Waals surface area (Å²) in [6, 6.07) is 6.99. The minimum atomic E-state index is 0.348. The molecule has 0 aliphatic heterocycles. The van der Waals surface area contributed by atoms with Crippen LogP contribution in [0.25, 0.3) is 0 Å². The van der Waals surface area contributed by atoms with Gasteiger partial charge >= 0.3 is 0 Å². The fourth-order valence-corrected chi connectivity index (χ4v) is 1.33. The van der Waals surface area contributed by atoms with E-state index in [0.29, 0.717) is 10.9 Å². The lowest BCUT2D eigenvalue weighted by Crippen LogP contribution is -1.82. The third-order valence-corrected chi connectivity index (χ3v) is 2.11. The standard InChI is InChI=1S/C10H5Cl2N/c11-7-9-6-8(2-1-5-13)3-4-10(9)12/h3-4,6H,7H2. The van der Waals surface area contributed by atoms with Gasteiger partial charge in [0.05, 0.1) is 0 Å². The average Bonchev–Trinajstić information content (AvgIpc) is 2.16. The molecule has 0 bridgehead atoms. The molecule has 0 radical (unpaired) electrons. The maximum absolute atomic E-state index is 8.23. The molecule has 0 saturated carbocycles. The molecule has 0 saturated heterocycles. The summed E-state index contributed by atoms with van der Waals surface area (Å²) in [5, 5.41) is 8.86. The number of halogens is 2. The Kier molecular flexibility index (Phi) is 3.65. The summed E-state index contributed by atoms with van der Waals surface area (Å²) < 4.78 is 0. The summed E-state index contributed by atoms with van der Waals surface area (Å²) in [5.74, 6) is 5.32. The first-order valence-corrected chi connectivity index (χ1v) is 4.43. The Morgan fingerprint density at radius 3 is 2.77 bits per heavy atom. The molecule has 0 unspecified atom stereocenters. The van der Waals surface area contributed by atoms with Gasteiger partial charge in [-0.15, -0.1) is 11.6 Å². The molecular formula is C10H5Cl2N. The van der Waals surface area contributed by atoms with E-state index in [0.717, 1.165) is 11.1 Å². The number of alkyl halides is 1. The summed E-state index contributed by atoms with van der Waals surface area (Å²) in [4.78, 5) is 0. The van der Waals surface area contributed by atoms with Crippen molar-refractivity contribution in [2.45, 2.75) is 5.88 Å². The molecular weight excluding hydrogens is 205 g/mol. The van der Waals surface area contributed by atoms with Gasteiger partial charge in [0.15, 0.2) is 6.07 Å². The van der Waals surface area contributed by atoms with Crippen LogP contribution >= 0.6 is 23.2 Å². The quantitative estimate of drug-likeness (QED) is 0.516. The molecule has 3 heteroatoms. The van der Waals surface area contributed by atoms with Crippen molar-refractivity contribution in [3.8, 4) is 17.9 Å². The summed E-state index contributed by atoms with van der Waals surface area (Å²) in [6.45, 7) is 0. The van der Waals surface area contributed by atoms with E-state index in [1.807, 2.05) is 0 Å². The zero-order valence-corrected chi connectivity index (χ0v) is 8.15. The molecule has 0 aliphatic carbocycles. The van der Waals surface area contributed by atoms with Crippen LogP contribution in [0.2, 0.25) is 5.02 Å². The number of hydrogen-bond acceptors (Lipinski definition) is 1. The first-order chi connectivity index (χ1) is 6.27. The normalized spacial score (nSPS) is 8.38. The van der Waals surface area contributed by atoms with Crippen LogP contribution in [-0.2, 0) is 5.88 Å². The molecule has 0 aliphatic rings. The van der Waals surface area contributed by atoms with E-state index in [1.54, 1.807) is 24.3 Å². The Hall–Kier alpha value is -1.15. The number of nitrogens with zero attached hydrogens (tertiary/aromatic N) is 1. The van der Waals surface area contributed by atoms with E-state index in [1.165, 1.54) is 0 Å². The van der Waals surface area contributed by atoms with Crippen LogP contribution in [0.5, 0.6) is 0 Å². The Morgan fingerprint density at radius 2 is 2.15 bits per heavy atom. The van der Waals surface area contributed by atoms with Crippen molar-refractivity contribution in [1.29, 1.82) is 5.26 Å². The molecule has 0 aromatic heterocycles. The lowest BCUT2D eigenvalue weighted by atomic mass is 10.1. The first-order valence-electron chi connectivity index (χ1n) is 3.52. The molecule has 0 spiro atoms. The Balaban J connectivity index is 3.08. The van der Waals surface area contributed by atoms with Gasteiger partial charge in [0.2, 0.25) is 0 Å². The van der Waals surface area contributed by atoms with Crippen LogP contribution < -0.4 is 0 Å². The van der Waals surface area contributed by atoms with Crippen LogP contribution in [0.4, 0.5) is 0 Å². The van der Waals surface area contributed by atoms with Crippen LogP contribution in [0, 0.1) is 23.2 Å². The minimum absolute atomic E-state index is 0.348. The second-order valence-electron chi connectivity index (χ2n) is 2.30. The van der Waals surface area contributed by atoms with E-state index in [4.69, 9.17) is 28.5 Å². The van der Waals surface area contributed by atoms with Crippen molar-refractivity contribution in [2.75, 3.05) is 0 Å². The Labute approximate surface area is 86.9 Å². The predicted octanol–water partition coefficient (Wildman–Crippen LogP) is 2.95. The second kappa shape index (κ2) is 4.77. The SMILES string of the molecule is N#CC#Cc1ccc(Cl)c(CCl)c1. The van der Waals surface area contributed by atoms with E-state index < -0.39 is 0 Å². The summed E-state index contributed by atoms with van der Waals surface area (Å²) in [5.41, 5.74) is 1.58. The average molecular weight is 210 g/mol. The maximum Gasteiger partial charge on any atom is 0.152 e. The van der Waals surface area contributed by atoms with Crippen LogP contribution in [-0.4, -0.2) is 0 Å². The van der Waals surface area contributed by atoms with Crippen LogP contribution in [0.1, 0.15) is 11.1 Å². The van der Waals surface area contributed by atoms with Crippen LogP contribution in [0.3, 0.4) is 0 Å². The van der Waals surface area contributed by atoms with Crippen molar-refractivity contribution >= 4 is 23.2 Å². The predicted molar refractivity (Wildman–Crippen MR) is 53.5 cm³/mol. The molecule has 0 amide bonds. The van der Waals surface area contributed by atoms with Crippen molar-refractivity contribution in [2.24, 2.45) is 0 Å². The zero-order valence-electron chi connectivity index (χ0n) is 6.64. The number of hydrogen-bond donors (Lipinski definition) is 0. The highest BCUT2D eigenvalue weighted by Crippen LogP contribution is 2.18. The van der Waals surface area contributed by atoms with Gasteiger partial charge in [0.1, 0.15) is 0 Å². The molecule has 1 nitrogen and oxygen atoms in total. The molecule has 0 N–H and O–H groups in total. The van der Waals surface area contributed by atoms with Crippen LogP contribution in [0.15, 0.2) is 18.2 Å². The molecule has 1 rings (SSSR count). The van der Waals surface area contributed by atoms with E-state index in [-0.39, 0.29) is 0 Å². The van der Waals surface area contributed by atoms with Gasteiger partial charge in [0, 0.05) is 22.4 Å². The van der Waals surface area contributed by atoms with Gasteiger partial charge < -0.3 is 0 Å². The third-order valence-electron chi connectivity index (χ3n) is 1.45. The molecule has 0 fully saturated rings. The Bertz CT molecular complexity index is 407. The van der Waals surface area contributed by atoms with Gasteiger partial charge in [-0.2, -0.15) is 5.26 Å². The third kappa shape index (κ3) is 2.67. The molecule has 0 atom stereocenters. The van der Waals surface area contributed by atoms with Gasteiger partial charge in [-0.3, -0.25) is 0 Å². The topological polar surface area (TPSA) is 23.8 Å². The molecule has 0 heterocycles. The van der Waals surface area contributed by atoms with Gasteiger partial charge in [0.25, 0.3) is 0 Å². The lowest BCUT2D eigenvalue weighted by molar-refractivity contribution is 1.39. The largest absolute Gasteiger partial charge is 0.183 e. The highest BCUT2D eigenvalue weighted by atomic mass is 35.5. The van der Waals surface area contributed by atoms with Gasteiger partial charge in [-0.1, -0.05) is 17.5 Å². The highest BCUT2D eigenvalue weighted by molar-refractivity contribution is 6.32. The summed E-state index contributed by atoms with van der Waals surface area (Å²) in [7, 11) is 0. The van der Waals surface area contributed by atoms with E-state index in [2.05, 4.69) is 11.8 Å². The summed E-state index contributed by atoms with van der Waals surface area (Å²) in [6.07, 6.45) is 0. The first kappa shape index (κ1) is 9.93. The maximum atomic E-state index is 8.23. The number of nitriles is 1. The molecule has 1 aromatic carbocycles. The lowest BCUT2D eigenvalue weighted by Gasteiger charge is -1.98. The second-order valence-corrected chi connectivity index (χ2v) is 2.98. The van der Waals surface area contributed by atoms with Gasteiger partial charge in [-0.25, -0.2) is 0 Å². The monoisotopic (exact) mass is 209 g/mol. The highest BCUT2D eigenvalue weighted by Gasteiger charge is 1.98. The van der Waals surface area contributed by atoms with Crippen molar-refractivity contribution < 1.29 is 0 Å². The summed E-state index contributed by atoms with van der Waals surface area (Å²) >= 11 is 11.5. The van der Waals surface area contributed by atoms with E-state index >= 15 is 0 Å². The number of rotatable bonds is 1. The number of benzene rings is 1. The van der Waals surface area contributed by atoms with Gasteiger partial charge in [-0.05, 0) is 23.8 Å². The fraction of sp³-hybridized carbons (Fsp3) is 0.100. The fourth-order valence-electron chi connectivity index (χ4n) is 0.855. The van der Waals surface area contributed by atoms with Crippen molar-refractivity contribution in [3.05, 3.63) is 34.3 Å². The minimum Gasteiger partial charge on any atom is -0.183 e. The smallest absolute Gasteiger partial charge is 0.152 e. The van der Waals surface area contributed by atoms with Crippen molar-refractivity contribution in [3.63, 3.8) is 0 Å². The zero-order chi connectivity index (χ0) is 9.68. The van der Waals surface area contributed by atoms with E-state index in [9.17, 15) is 0 Å². The van der Waals surface area contributed by atoms with Crippen molar-refractivity contribution in [1.82, 2.24) is 0 Å².